The third-order valence-corrected chi connectivity index (χ3v) is 6.07. The Morgan fingerprint density at radius 2 is 2.05 bits per heavy atom. The number of amides is 1. The number of nitrogens with one attached hydrogen (secondary N) is 1. The molecule has 0 saturated carbocycles. The monoisotopic (exact) mass is 452 g/mol. The molecule has 104 valence electrons. The second kappa shape index (κ2) is 6.53. The highest BCUT2D eigenvalue weighted by Gasteiger charge is 2.15. The standard InChI is InChI=1S/C12H7Br2ClN2OS2/c13-7-4-9(20-10(7)14)12(18)17-8-3-5(15)1-2-6(8)11(16)19/h1-4H,(H2,16,19)(H,17,18). The molecule has 3 N–H and O–H groups in total. The molecule has 8 heteroatoms. The minimum absolute atomic E-state index is 0.200. The fourth-order valence-corrected chi connectivity index (χ4v) is 3.76. The molecule has 2 aromatic rings. The lowest BCUT2D eigenvalue weighted by Crippen LogP contribution is -2.16. The molecule has 0 aliphatic carbocycles. The van der Waals surface area contributed by atoms with Crippen LogP contribution in [0.2, 0.25) is 5.02 Å². The molecule has 0 unspecified atom stereocenters. The van der Waals surface area contributed by atoms with E-state index in [1.165, 1.54) is 11.3 Å². The zero-order valence-corrected chi connectivity index (χ0v) is 15.3. The number of carbonyl (C=O) groups is 1. The number of halogens is 3. The van der Waals surface area contributed by atoms with Crippen LogP contribution in [-0.4, -0.2) is 10.9 Å². The molecule has 1 aromatic carbocycles. The Morgan fingerprint density at radius 3 is 2.60 bits per heavy atom. The first-order valence-corrected chi connectivity index (χ1v) is 8.43. The molecule has 1 aromatic heterocycles. The van der Waals surface area contributed by atoms with Gasteiger partial charge in [-0.1, -0.05) is 23.8 Å². The van der Waals surface area contributed by atoms with E-state index in [0.29, 0.717) is 21.2 Å². The second-order valence-electron chi connectivity index (χ2n) is 3.74. The molecule has 0 radical (unpaired) electrons. The maximum atomic E-state index is 12.2. The number of carbonyl (C=O) groups excluding carboxylic acids is 1. The lowest BCUT2D eigenvalue weighted by molar-refractivity contribution is 0.103. The predicted octanol–water partition coefficient (Wildman–Crippen LogP) is 4.81. The molecule has 0 atom stereocenters. The van der Waals surface area contributed by atoms with Gasteiger partial charge in [0.25, 0.3) is 5.91 Å². The maximum Gasteiger partial charge on any atom is 0.265 e. The van der Waals surface area contributed by atoms with Crippen LogP contribution >= 0.6 is 67.0 Å². The molecular formula is C12H7Br2ClN2OS2. The molecule has 3 nitrogen and oxygen atoms in total. The smallest absolute Gasteiger partial charge is 0.265 e. The molecule has 1 heterocycles. The van der Waals surface area contributed by atoms with Gasteiger partial charge in [0.2, 0.25) is 0 Å². The van der Waals surface area contributed by atoms with E-state index in [9.17, 15) is 4.79 Å². The summed E-state index contributed by atoms with van der Waals surface area (Å²) in [5.74, 6) is -0.249. The van der Waals surface area contributed by atoms with E-state index >= 15 is 0 Å². The van der Waals surface area contributed by atoms with Crippen molar-refractivity contribution in [3.63, 3.8) is 0 Å². The van der Waals surface area contributed by atoms with Crippen molar-refractivity contribution >= 4 is 83.6 Å². The van der Waals surface area contributed by atoms with Crippen LogP contribution in [0.4, 0.5) is 5.69 Å². The van der Waals surface area contributed by atoms with Crippen LogP contribution in [0.1, 0.15) is 15.2 Å². The Morgan fingerprint density at radius 1 is 1.35 bits per heavy atom. The van der Waals surface area contributed by atoms with E-state index in [0.717, 1.165) is 8.26 Å². The van der Waals surface area contributed by atoms with Crippen LogP contribution in [0.15, 0.2) is 32.5 Å². The molecule has 1 amide bonds. The van der Waals surface area contributed by atoms with Crippen molar-refractivity contribution in [1.29, 1.82) is 0 Å². The van der Waals surface area contributed by atoms with Crippen molar-refractivity contribution < 1.29 is 4.79 Å². The van der Waals surface area contributed by atoms with Crippen LogP contribution in [-0.2, 0) is 0 Å². The number of benzene rings is 1. The third-order valence-electron chi connectivity index (χ3n) is 2.36. The highest BCUT2D eigenvalue weighted by Crippen LogP contribution is 2.33. The summed E-state index contributed by atoms with van der Waals surface area (Å²) in [6.45, 7) is 0. The summed E-state index contributed by atoms with van der Waals surface area (Å²) >= 11 is 18.9. The van der Waals surface area contributed by atoms with E-state index in [1.54, 1.807) is 24.3 Å². The van der Waals surface area contributed by atoms with Gasteiger partial charge in [0.1, 0.15) is 4.99 Å². The topological polar surface area (TPSA) is 55.1 Å². The van der Waals surface area contributed by atoms with E-state index in [4.69, 9.17) is 29.6 Å². The van der Waals surface area contributed by atoms with Gasteiger partial charge in [0.05, 0.1) is 14.4 Å². The van der Waals surface area contributed by atoms with Gasteiger partial charge in [0, 0.05) is 15.1 Å². The minimum Gasteiger partial charge on any atom is -0.389 e. The van der Waals surface area contributed by atoms with Crippen LogP contribution in [0.25, 0.3) is 0 Å². The first-order chi connectivity index (χ1) is 9.38. The summed E-state index contributed by atoms with van der Waals surface area (Å²) in [5.41, 5.74) is 6.70. The predicted molar refractivity (Wildman–Crippen MR) is 95.0 cm³/mol. The van der Waals surface area contributed by atoms with Crippen LogP contribution in [0.3, 0.4) is 0 Å². The van der Waals surface area contributed by atoms with E-state index in [2.05, 4.69) is 37.2 Å². The second-order valence-corrected chi connectivity index (χ2v) is 7.84. The first-order valence-electron chi connectivity index (χ1n) is 5.24. The van der Waals surface area contributed by atoms with Gasteiger partial charge >= 0.3 is 0 Å². The number of hydrogen-bond acceptors (Lipinski definition) is 3. The fourth-order valence-electron chi connectivity index (χ4n) is 1.48. The molecule has 0 aliphatic heterocycles. The van der Waals surface area contributed by atoms with Gasteiger partial charge in [-0.2, -0.15) is 0 Å². The number of hydrogen-bond donors (Lipinski definition) is 2. The van der Waals surface area contributed by atoms with E-state index < -0.39 is 0 Å². The molecule has 0 aliphatic rings. The SMILES string of the molecule is NC(=S)c1ccc(Cl)cc1NC(=O)c1cc(Br)c(Br)s1. The maximum absolute atomic E-state index is 12.2. The lowest BCUT2D eigenvalue weighted by atomic mass is 10.1. The molecule has 0 saturated heterocycles. The van der Waals surface area contributed by atoms with Gasteiger partial charge in [-0.15, -0.1) is 11.3 Å². The number of thiophene rings is 1. The van der Waals surface area contributed by atoms with E-state index in [-0.39, 0.29) is 10.9 Å². The Balaban J connectivity index is 2.32. The van der Waals surface area contributed by atoms with Crippen molar-refractivity contribution in [1.82, 2.24) is 0 Å². The van der Waals surface area contributed by atoms with Crippen molar-refractivity contribution in [3.8, 4) is 0 Å². The summed E-state index contributed by atoms with van der Waals surface area (Å²) in [7, 11) is 0. The molecule has 0 spiro atoms. The average molecular weight is 455 g/mol. The van der Waals surface area contributed by atoms with Gasteiger partial charge in [-0.3, -0.25) is 4.79 Å². The molecule has 20 heavy (non-hydrogen) atoms. The normalized spacial score (nSPS) is 10.3. The minimum atomic E-state index is -0.249. The van der Waals surface area contributed by atoms with Crippen LogP contribution < -0.4 is 11.1 Å². The first kappa shape index (κ1) is 15.9. The van der Waals surface area contributed by atoms with Gasteiger partial charge < -0.3 is 11.1 Å². The van der Waals surface area contributed by atoms with Gasteiger partial charge in [-0.25, -0.2) is 0 Å². The summed E-state index contributed by atoms with van der Waals surface area (Å²) in [6.07, 6.45) is 0. The van der Waals surface area contributed by atoms with Crippen LogP contribution in [0, 0.1) is 0 Å². The van der Waals surface area contributed by atoms with Crippen molar-refractivity contribution in [3.05, 3.63) is 48.0 Å². The summed E-state index contributed by atoms with van der Waals surface area (Å²) in [4.78, 5) is 12.9. The van der Waals surface area contributed by atoms with Crippen LogP contribution in [0.5, 0.6) is 0 Å². The Hall–Kier alpha value is -0.470. The van der Waals surface area contributed by atoms with Crippen molar-refractivity contribution in [2.75, 3.05) is 5.32 Å². The largest absolute Gasteiger partial charge is 0.389 e. The summed E-state index contributed by atoms with van der Waals surface area (Å²) in [5, 5.41) is 3.26. The number of thiocarbonyl (C=S) groups is 1. The summed E-state index contributed by atoms with van der Waals surface area (Å²) in [6, 6.07) is 6.70. The van der Waals surface area contributed by atoms with Crippen molar-refractivity contribution in [2.24, 2.45) is 5.73 Å². The summed E-state index contributed by atoms with van der Waals surface area (Å²) < 4.78 is 1.68. The Kier molecular flexibility index (Phi) is 5.19. The number of rotatable bonds is 3. The lowest BCUT2D eigenvalue weighted by Gasteiger charge is -2.09. The molecule has 0 fully saturated rings. The quantitative estimate of drug-likeness (QED) is 0.655. The highest BCUT2D eigenvalue weighted by molar-refractivity contribution is 9.13. The Bertz CT molecular complexity index is 683. The molecule has 2 rings (SSSR count). The third kappa shape index (κ3) is 3.59. The number of anilines is 1. The number of nitrogens with two attached hydrogens (primary N) is 1. The highest BCUT2D eigenvalue weighted by atomic mass is 79.9. The zero-order valence-electron chi connectivity index (χ0n) is 9.75. The molecular weight excluding hydrogens is 448 g/mol. The van der Waals surface area contributed by atoms with E-state index in [1.807, 2.05) is 0 Å². The van der Waals surface area contributed by atoms with Crippen molar-refractivity contribution in [2.45, 2.75) is 0 Å². The zero-order chi connectivity index (χ0) is 14.9. The molecule has 0 bridgehead atoms. The van der Waals surface area contributed by atoms with Gasteiger partial charge in [-0.05, 0) is 56.1 Å². The van der Waals surface area contributed by atoms with Gasteiger partial charge in [0.15, 0.2) is 0 Å². The Labute approximate surface area is 146 Å². The average Bonchev–Trinajstić information content (AvgIpc) is 2.69. The fraction of sp³-hybridized carbons (Fsp3) is 0.